The molecule has 0 aromatic heterocycles. The molecule has 10 rings (SSSR count). The van der Waals surface area contributed by atoms with Crippen LogP contribution in [0.15, 0.2) is 303 Å². The van der Waals surface area contributed by atoms with Gasteiger partial charge in [0.15, 0.2) is 14.5 Å². The average Bonchev–Trinajstić information content (AvgIpc) is 3.40. The lowest BCUT2D eigenvalue weighted by Crippen LogP contribution is -2.64. The zero-order valence-corrected chi connectivity index (χ0v) is 37.6. The minimum absolute atomic E-state index is 0.910. The van der Waals surface area contributed by atoms with Crippen LogP contribution in [0.4, 0.5) is 0 Å². The summed E-state index contributed by atoms with van der Waals surface area (Å²) in [5.41, 5.74) is 4.06. The Balaban J connectivity index is 1.70. The molecule has 0 aliphatic heterocycles. The molecule has 10 aromatic carbocycles. The molecule has 0 heterocycles. The van der Waals surface area contributed by atoms with Crippen LogP contribution in [0.3, 0.4) is 0 Å². The van der Waals surface area contributed by atoms with E-state index in [4.69, 9.17) is 0 Å². The van der Waals surface area contributed by atoms with Gasteiger partial charge in [-0.1, -0.05) is 231 Å². The first-order valence-electron chi connectivity index (χ1n) is 22.1. The van der Waals surface area contributed by atoms with Crippen molar-refractivity contribution >= 4 is 46.4 Å². The van der Waals surface area contributed by atoms with Crippen LogP contribution in [0.5, 0.6) is 0 Å². The van der Waals surface area contributed by atoms with Crippen molar-refractivity contribution in [2.75, 3.05) is 0 Å². The Morgan fingerprint density at radius 2 is 0.328 bits per heavy atom. The van der Waals surface area contributed by atoms with E-state index in [9.17, 15) is 0 Å². The monoisotopic (exact) mass is 856 g/mol. The van der Waals surface area contributed by atoms with Gasteiger partial charge in [-0.05, 0) is 89.5 Å². The molecular weight excluding hydrogens is 807 g/mol. The molecule has 10 aromatic rings. The third-order valence-corrected chi connectivity index (χ3v) is 24.5. The van der Waals surface area contributed by atoms with Gasteiger partial charge in [0, 0.05) is 5.56 Å². The normalized spacial score (nSPS) is 12.1. The van der Waals surface area contributed by atoms with E-state index in [1.165, 1.54) is 54.1 Å². The van der Waals surface area contributed by atoms with E-state index in [2.05, 4.69) is 303 Å². The van der Waals surface area contributed by atoms with Crippen LogP contribution < -0.4 is 31.8 Å². The fraction of sp³-hybridized carbons (Fsp3) is 0.0323. The average molecular weight is 857 g/mol. The molecule has 306 valence electrons. The van der Waals surface area contributed by atoms with Gasteiger partial charge in [0.05, 0.1) is 0 Å². The summed E-state index contributed by atoms with van der Waals surface area (Å²) < 4.78 is 0. The highest BCUT2D eigenvalue weighted by Gasteiger charge is 2.87. The van der Waals surface area contributed by atoms with Gasteiger partial charge in [-0.2, -0.15) is 0 Å². The Kier molecular flexibility index (Phi) is 11.6. The second kappa shape index (κ2) is 18.0. The summed E-state index contributed by atoms with van der Waals surface area (Å²) in [4.78, 5) is -0.910. The summed E-state index contributed by atoms with van der Waals surface area (Å²) >= 11 is 0. The fourth-order valence-corrected chi connectivity index (χ4v) is 25.6. The van der Waals surface area contributed by atoms with E-state index in [0.29, 0.717) is 0 Å². The first kappa shape index (κ1) is 41.1. The molecule has 0 aliphatic rings. The zero-order chi connectivity index (χ0) is 43.1. The van der Waals surface area contributed by atoms with Crippen LogP contribution >= 0.6 is 14.5 Å². The highest BCUT2D eigenvalue weighted by atomic mass is 31.2. The van der Waals surface area contributed by atoms with E-state index in [-0.39, 0.29) is 0 Å². The maximum absolute atomic E-state index is 3.20. The highest BCUT2D eigenvalue weighted by Crippen LogP contribution is 2.93. The summed E-state index contributed by atoms with van der Waals surface area (Å²) in [5, 5.41) is 7.89. The molecule has 0 saturated carbocycles. The number of rotatable bonds is 13. The van der Waals surface area contributed by atoms with Crippen LogP contribution in [0, 0.1) is 0 Å². The number of benzene rings is 10. The van der Waals surface area contributed by atoms with Crippen molar-refractivity contribution in [3.8, 4) is 0 Å². The SMILES string of the molecule is c1ccc(C(c2ccccc2)(c2ccccc2)C(c2ccccc2)([P+](c2ccccc2)(c2ccccc2)c2ccccc2)[P+](c2ccccc2)(c2ccccc2)c2ccccc2)cc1. The number of hydrogen-bond acceptors (Lipinski definition) is 0. The first-order valence-corrected chi connectivity index (χ1v) is 25.7. The van der Waals surface area contributed by atoms with E-state index in [1.54, 1.807) is 0 Å². The molecule has 0 nitrogen and oxygen atoms in total. The third kappa shape index (κ3) is 6.28. The molecule has 0 aliphatic carbocycles. The van der Waals surface area contributed by atoms with Crippen molar-refractivity contribution in [3.63, 3.8) is 0 Å². The Bertz CT molecular complexity index is 2390. The minimum atomic E-state index is -3.20. The lowest BCUT2D eigenvalue weighted by atomic mass is 9.65. The highest BCUT2D eigenvalue weighted by molar-refractivity contribution is 8.11. The van der Waals surface area contributed by atoms with Gasteiger partial charge >= 0.3 is 0 Å². The van der Waals surface area contributed by atoms with Crippen molar-refractivity contribution < 1.29 is 0 Å². The molecular formula is C62H50P2+2. The maximum Gasteiger partial charge on any atom is 0.247 e. The van der Waals surface area contributed by atoms with E-state index in [0.717, 1.165) is 0 Å². The standard InChI is InChI=1S/C62H50P2/c1-11-31-51(32-12-1)61(52-33-13-2-14-34-52,53-35-15-3-16-36-53)62(54-37-17-4-18-38-54,63(55-39-19-5-20-40-55,56-41-21-6-22-42-56)57-43-23-7-24-44-57)64(58-45-25-8-26-46-58,59-47-27-9-28-48-59)60-49-29-10-30-50-60/h1-50H/q+2. The molecule has 0 saturated heterocycles. The lowest BCUT2D eigenvalue weighted by molar-refractivity contribution is 0.545. The van der Waals surface area contributed by atoms with Crippen molar-refractivity contribution in [1.29, 1.82) is 0 Å². The van der Waals surface area contributed by atoms with Crippen LogP contribution in [-0.2, 0) is 10.3 Å². The maximum atomic E-state index is 2.48. The van der Waals surface area contributed by atoms with E-state index >= 15 is 0 Å². The Morgan fingerprint density at radius 1 is 0.172 bits per heavy atom. The molecule has 0 fully saturated rings. The second-order valence-corrected chi connectivity index (χ2v) is 23.7. The molecule has 2 heteroatoms. The summed E-state index contributed by atoms with van der Waals surface area (Å²) in [6.07, 6.45) is 0. The van der Waals surface area contributed by atoms with Crippen molar-refractivity contribution in [2.24, 2.45) is 0 Å². The summed E-state index contributed by atoms with van der Waals surface area (Å²) in [5.74, 6) is 0. The van der Waals surface area contributed by atoms with E-state index in [1.807, 2.05) is 0 Å². The van der Waals surface area contributed by atoms with Gasteiger partial charge in [0.25, 0.3) is 0 Å². The van der Waals surface area contributed by atoms with Crippen LogP contribution in [0.2, 0.25) is 0 Å². The molecule has 0 unspecified atom stereocenters. The van der Waals surface area contributed by atoms with Gasteiger partial charge in [0.2, 0.25) is 4.90 Å². The van der Waals surface area contributed by atoms with Crippen molar-refractivity contribution in [3.05, 3.63) is 326 Å². The molecule has 64 heavy (non-hydrogen) atoms. The quantitative estimate of drug-likeness (QED) is 0.0800. The lowest BCUT2D eigenvalue weighted by Gasteiger charge is -2.59. The predicted octanol–water partition coefficient (Wildman–Crippen LogP) is 12.9. The molecule has 0 amide bonds. The Hall–Kier alpha value is -6.94. The summed E-state index contributed by atoms with van der Waals surface area (Å²) in [6, 6.07) is 116. The summed E-state index contributed by atoms with van der Waals surface area (Å²) in [6.45, 7) is 0. The van der Waals surface area contributed by atoms with Gasteiger partial charge in [-0.25, -0.2) is 0 Å². The largest absolute Gasteiger partial charge is 0.247 e. The van der Waals surface area contributed by atoms with Crippen LogP contribution in [0.25, 0.3) is 0 Å². The Morgan fingerprint density at radius 3 is 0.516 bits per heavy atom. The first-order chi connectivity index (χ1) is 31.8. The second-order valence-electron chi connectivity index (χ2n) is 16.2. The zero-order valence-electron chi connectivity index (χ0n) is 35.8. The molecule has 0 spiro atoms. The smallest absolute Gasteiger partial charge is 0.0622 e. The number of hydrogen-bond donors (Lipinski definition) is 0. The predicted molar refractivity (Wildman–Crippen MR) is 278 cm³/mol. The van der Waals surface area contributed by atoms with Gasteiger partial charge in [-0.3, -0.25) is 0 Å². The molecule has 0 radical (unpaired) electrons. The van der Waals surface area contributed by atoms with Crippen molar-refractivity contribution in [1.82, 2.24) is 0 Å². The fourth-order valence-electron chi connectivity index (χ4n) is 11.1. The van der Waals surface area contributed by atoms with Crippen LogP contribution in [-0.4, -0.2) is 0 Å². The van der Waals surface area contributed by atoms with Gasteiger partial charge in [0.1, 0.15) is 37.2 Å². The molecule has 0 N–H and O–H groups in total. The Labute approximate surface area is 380 Å². The molecule has 0 bridgehead atoms. The van der Waals surface area contributed by atoms with Gasteiger partial charge < -0.3 is 0 Å². The van der Waals surface area contributed by atoms with Crippen molar-refractivity contribution in [2.45, 2.75) is 10.3 Å². The third-order valence-electron chi connectivity index (χ3n) is 13.2. The molecule has 0 atom stereocenters. The topological polar surface area (TPSA) is 0 Å². The van der Waals surface area contributed by atoms with Gasteiger partial charge in [-0.15, -0.1) is 0 Å². The minimum Gasteiger partial charge on any atom is -0.0622 e. The van der Waals surface area contributed by atoms with E-state index < -0.39 is 24.8 Å². The van der Waals surface area contributed by atoms with Crippen LogP contribution in [0.1, 0.15) is 22.3 Å². The summed E-state index contributed by atoms with van der Waals surface area (Å²) in [7, 11) is -6.41.